The number of ether oxygens (including phenoxy) is 1. The topological polar surface area (TPSA) is 48.9 Å². The molecule has 1 aromatic carbocycles. The molecule has 3 rings (SSSR count). The Hall–Kier alpha value is -1.82. The number of benzene rings is 1. The number of guanidine groups is 1. The average Bonchev–Trinajstić information content (AvgIpc) is 3.53. The first-order chi connectivity index (χ1) is 14.0. The van der Waals surface area contributed by atoms with Crippen LogP contribution in [0.5, 0.6) is 5.75 Å². The van der Waals surface area contributed by atoms with Crippen LogP contribution in [0.25, 0.3) is 0 Å². The number of piperidine rings is 1. The first kappa shape index (κ1) is 21.9. The molecule has 0 aromatic heterocycles. The molecule has 2 N–H and O–H groups in total. The first-order valence-corrected chi connectivity index (χ1v) is 11.2. The largest absolute Gasteiger partial charge is 0.490 e. The Balaban J connectivity index is 1.51. The zero-order valence-electron chi connectivity index (χ0n) is 18.2. The quantitative estimate of drug-likeness (QED) is 0.483. The van der Waals surface area contributed by atoms with Gasteiger partial charge in [0.25, 0.3) is 0 Å². The minimum Gasteiger partial charge on any atom is -0.490 e. The van der Waals surface area contributed by atoms with Crippen LogP contribution in [0.4, 0.5) is 4.39 Å². The summed E-state index contributed by atoms with van der Waals surface area (Å²) >= 11 is 0. The first-order valence-electron chi connectivity index (χ1n) is 11.2. The Morgan fingerprint density at radius 2 is 2.00 bits per heavy atom. The predicted molar refractivity (Wildman–Crippen MR) is 117 cm³/mol. The molecule has 1 unspecified atom stereocenters. The lowest BCUT2D eigenvalue weighted by molar-refractivity contribution is 0.214. The lowest BCUT2D eigenvalue weighted by Crippen LogP contribution is -2.39. The van der Waals surface area contributed by atoms with Crippen LogP contribution in [-0.2, 0) is 0 Å². The van der Waals surface area contributed by atoms with Crippen LogP contribution < -0.4 is 15.4 Å². The Morgan fingerprint density at radius 1 is 1.24 bits per heavy atom. The zero-order chi connectivity index (χ0) is 20.6. The van der Waals surface area contributed by atoms with Gasteiger partial charge >= 0.3 is 0 Å². The molecule has 0 radical (unpaired) electrons. The van der Waals surface area contributed by atoms with Crippen molar-refractivity contribution >= 4 is 5.96 Å². The van der Waals surface area contributed by atoms with E-state index in [2.05, 4.69) is 29.5 Å². The molecule has 2 fully saturated rings. The number of likely N-dealkylation sites (tertiary alicyclic amines) is 1. The van der Waals surface area contributed by atoms with Crippen LogP contribution in [0.3, 0.4) is 0 Å². The molecule has 1 saturated carbocycles. The normalized spacial score (nSPS) is 19.8. The number of aliphatic imine (C=N–C) groups is 1. The highest BCUT2D eigenvalue weighted by Gasteiger charge is 2.22. The van der Waals surface area contributed by atoms with Crippen LogP contribution in [0.1, 0.15) is 57.6 Å². The van der Waals surface area contributed by atoms with Crippen molar-refractivity contribution in [2.75, 3.05) is 39.8 Å². The fraction of sp³-hybridized carbons (Fsp3) is 0.696. The van der Waals surface area contributed by atoms with Crippen molar-refractivity contribution in [3.63, 3.8) is 0 Å². The molecule has 1 aromatic rings. The number of nitrogens with zero attached hydrogens (tertiary/aromatic N) is 2. The number of rotatable bonds is 9. The lowest BCUT2D eigenvalue weighted by Gasteiger charge is -2.28. The van der Waals surface area contributed by atoms with E-state index in [1.165, 1.54) is 38.8 Å². The number of hydrogen-bond acceptors (Lipinski definition) is 3. The highest BCUT2D eigenvalue weighted by Crippen LogP contribution is 2.30. The van der Waals surface area contributed by atoms with E-state index in [0.29, 0.717) is 18.3 Å². The molecular weight excluding hydrogens is 367 g/mol. The van der Waals surface area contributed by atoms with E-state index in [1.54, 1.807) is 12.1 Å². The molecule has 5 nitrogen and oxygen atoms in total. The molecule has 1 heterocycles. The molecule has 6 heteroatoms. The molecule has 162 valence electrons. The predicted octanol–water partition coefficient (Wildman–Crippen LogP) is 3.96. The van der Waals surface area contributed by atoms with E-state index in [0.717, 1.165) is 37.0 Å². The van der Waals surface area contributed by atoms with Crippen molar-refractivity contribution in [3.8, 4) is 5.75 Å². The van der Waals surface area contributed by atoms with Crippen molar-refractivity contribution in [2.45, 2.75) is 52.0 Å². The van der Waals surface area contributed by atoms with Gasteiger partial charge in [-0.2, -0.15) is 0 Å². The van der Waals surface area contributed by atoms with Gasteiger partial charge in [0.2, 0.25) is 0 Å². The summed E-state index contributed by atoms with van der Waals surface area (Å²) < 4.78 is 20.0. The summed E-state index contributed by atoms with van der Waals surface area (Å²) in [5.74, 6) is 2.24. The van der Waals surface area contributed by atoms with E-state index >= 15 is 0 Å². The van der Waals surface area contributed by atoms with Crippen molar-refractivity contribution in [3.05, 3.63) is 29.6 Å². The van der Waals surface area contributed by atoms with Crippen LogP contribution >= 0.6 is 0 Å². The molecule has 1 aliphatic heterocycles. The van der Waals surface area contributed by atoms with Gasteiger partial charge in [-0.1, -0.05) is 6.07 Å². The van der Waals surface area contributed by atoms with Gasteiger partial charge in [-0.05, 0) is 95.6 Å². The molecule has 1 atom stereocenters. The van der Waals surface area contributed by atoms with E-state index < -0.39 is 0 Å². The van der Waals surface area contributed by atoms with Gasteiger partial charge in [-0.25, -0.2) is 4.39 Å². The molecule has 2 aliphatic rings. The summed E-state index contributed by atoms with van der Waals surface area (Å²) in [6.45, 7) is 8.71. The lowest BCUT2D eigenvalue weighted by atomic mass is 9.94. The zero-order valence-corrected chi connectivity index (χ0v) is 18.2. The summed E-state index contributed by atoms with van der Waals surface area (Å²) in [6.07, 6.45) is 6.05. The number of nitrogens with one attached hydrogen (secondary N) is 2. The summed E-state index contributed by atoms with van der Waals surface area (Å²) in [4.78, 5) is 7.15. The van der Waals surface area contributed by atoms with Gasteiger partial charge in [0, 0.05) is 13.1 Å². The average molecular weight is 405 g/mol. The smallest absolute Gasteiger partial charge is 0.191 e. The molecule has 1 saturated heterocycles. The third-order valence-electron chi connectivity index (χ3n) is 5.97. The van der Waals surface area contributed by atoms with Crippen LogP contribution in [0.15, 0.2) is 23.2 Å². The van der Waals surface area contributed by atoms with Crippen molar-refractivity contribution in [2.24, 2.45) is 16.8 Å². The second-order valence-electron chi connectivity index (χ2n) is 8.61. The van der Waals surface area contributed by atoms with Crippen molar-refractivity contribution < 1.29 is 9.13 Å². The summed E-state index contributed by atoms with van der Waals surface area (Å²) in [6, 6.07) is 5.21. The number of halogens is 1. The van der Waals surface area contributed by atoms with Gasteiger partial charge in [0.1, 0.15) is 0 Å². The summed E-state index contributed by atoms with van der Waals surface area (Å²) in [7, 11) is 2.19. The van der Waals surface area contributed by atoms with E-state index in [-0.39, 0.29) is 11.9 Å². The Bertz CT molecular complexity index is 669. The van der Waals surface area contributed by atoms with Crippen molar-refractivity contribution in [1.29, 1.82) is 0 Å². The third-order valence-corrected chi connectivity index (χ3v) is 5.97. The molecule has 0 bridgehead atoms. The second-order valence-corrected chi connectivity index (χ2v) is 8.61. The highest BCUT2D eigenvalue weighted by atomic mass is 19.1. The second kappa shape index (κ2) is 10.8. The Kier molecular flexibility index (Phi) is 8.16. The summed E-state index contributed by atoms with van der Waals surface area (Å²) in [5.41, 5.74) is 0.891. The Morgan fingerprint density at radius 3 is 2.66 bits per heavy atom. The number of hydrogen-bond donors (Lipinski definition) is 2. The standard InChI is InChI=1S/C23H37FN4O/c1-4-25-23(26-12-9-18-10-13-28(3)14-11-18)27-17(2)20-7-8-22(21(24)15-20)29-16-19-5-6-19/h7-8,15,17-19H,4-6,9-14,16H2,1-3H3,(H2,25,26,27). The maximum absolute atomic E-state index is 14.4. The SMILES string of the molecule is CCNC(=NCCC1CCN(C)CC1)NC(C)c1ccc(OCC2CC2)c(F)c1. The molecule has 29 heavy (non-hydrogen) atoms. The third kappa shape index (κ3) is 7.18. The van der Waals surface area contributed by atoms with E-state index in [4.69, 9.17) is 9.73 Å². The minimum atomic E-state index is -0.291. The Labute approximate surface area is 175 Å². The summed E-state index contributed by atoms with van der Waals surface area (Å²) in [5, 5.41) is 6.72. The van der Waals surface area contributed by atoms with Gasteiger partial charge in [0.05, 0.1) is 12.6 Å². The van der Waals surface area contributed by atoms with Gasteiger partial charge in [0.15, 0.2) is 17.5 Å². The molecule has 1 aliphatic carbocycles. The fourth-order valence-electron chi connectivity index (χ4n) is 3.71. The maximum atomic E-state index is 14.4. The van der Waals surface area contributed by atoms with Crippen LogP contribution in [0.2, 0.25) is 0 Å². The van der Waals surface area contributed by atoms with Crippen molar-refractivity contribution in [1.82, 2.24) is 15.5 Å². The fourth-order valence-corrected chi connectivity index (χ4v) is 3.71. The highest BCUT2D eigenvalue weighted by molar-refractivity contribution is 5.80. The van der Waals surface area contributed by atoms with Gasteiger partial charge < -0.3 is 20.3 Å². The molecular formula is C23H37FN4O. The maximum Gasteiger partial charge on any atom is 0.191 e. The monoisotopic (exact) mass is 404 g/mol. The van der Waals surface area contributed by atoms with Crippen LogP contribution in [-0.4, -0.2) is 50.7 Å². The van der Waals surface area contributed by atoms with Gasteiger partial charge in [-0.3, -0.25) is 4.99 Å². The molecule has 0 spiro atoms. The van der Waals surface area contributed by atoms with E-state index in [1.807, 2.05) is 13.0 Å². The minimum absolute atomic E-state index is 0.0388. The molecule has 0 amide bonds. The van der Waals surface area contributed by atoms with Crippen LogP contribution in [0, 0.1) is 17.7 Å². The van der Waals surface area contributed by atoms with Gasteiger partial charge in [-0.15, -0.1) is 0 Å². The van der Waals surface area contributed by atoms with E-state index in [9.17, 15) is 4.39 Å².